The van der Waals surface area contributed by atoms with Crippen molar-refractivity contribution in [3.63, 3.8) is 0 Å². The molecule has 0 spiro atoms. The lowest BCUT2D eigenvalue weighted by Crippen LogP contribution is -2.81. The van der Waals surface area contributed by atoms with Crippen LogP contribution in [0.3, 0.4) is 0 Å². The molecule has 1 unspecified atom stereocenters. The van der Waals surface area contributed by atoms with Crippen LogP contribution in [0, 0.1) is 5.82 Å². The van der Waals surface area contributed by atoms with Crippen LogP contribution in [0.5, 0.6) is 5.75 Å². The average molecular weight is 635 g/mol. The van der Waals surface area contributed by atoms with Crippen LogP contribution in [-0.4, -0.2) is 146 Å². The Morgan fingerprint density at radius 2 is 1.67 bits per heavy atom. The largest absolute Gasteiger partial charge is 0.502 e. The SMILES string of the molecule is [B]C([B])(Oc1cccc2c1C([B])([B])N(C(O)(C(=O)NC)C(O)(O)C(O)(O)C=O)C2=O)c1ccc(C(O)(O)N2CCOCC2)cc1F. The molecule has 1 saturated heterocycles. The molecule has 2 aromatic carbocycles. The number of aldehydes is 1. The van der Waals surface area contributed by atoms with E-state index in [0.717, 1.165) is 43.4 Å². The fourth-order valence-electron chi connectivity index (χ4n) is 5.29. The second-order valence-corrected chi connectivity index (χ2v) is 10.7. The number of ether oxygens (including phenoxy) is 2. The van der Waals surface area contributed by atoms with Gasteiger partial charge in [0.25, 0.3) is 35.0 Å². The van der Waals surface area contributed by atoms with E-state index in [1.165, 1.54) is 4.90 Å². The number of hydrogen-bond donors (Lipinski definition) is 8. The lowest BCUT2D eigenvalue weighted by Gasteiger charge is -2.51. The highest BCUT2D eigenvalue weighted by molar-refractivity contribution is 6.43. The summed E-state index contributed by atoms with van der Waals surface area (Å²) in [6.07, 6.45) is -0.854. The molecule has 4 rings (SSSR count). The maximum absolute atomic E-state index is 15.4. The molecule has 2 amide bonds. The van der Waals surface area contributed by atoms with Crippen LogP contribution in [0.2, 0.25) is 0 Å². The number of rotatable bonds is 10. The number of fused-ring (bicyclic) bond motifs is 1. The zero-order chi connectivity index (χ0) is 34.7. The number of amides is 2. The van der Waals surface area contributed by atoms with Gasteiger partial charge < -0.3 is 55.4 Å². The van der Waals surface area contributed by atoms with Gasteiger partial charge in [-0.15, -0.1) is 0 Å². The molecule has 8 N–H and O–H groups in total. The van der Waals surface area contributed by atoms with Crippen LogP contribution in [0.25, 0.3) is 0 Å². The highest BCUT2D eigenvalue weighted by Gasteiger charge is 2.72. The number of hydrogen-bond acceptors (Lipinski definition) is 13. The molecule has 46 heavy (non-hydrogen) atoms. The van der Waals surface area contributed by atoms with Crippen molar-refractivity contribution >= 4 is 49.5 Å². The van der Waals surface area contributed by atoms with Gasteiger partial charge in [0.2, 0.25) is 0 Å². The minimum Gasteiger partial charge on any atom is -0.502 e. The van der Waals surface area contributed by atoms with E-state index in [0.29, 0.717) is 0 Å². The van der Waals surface area contributed by atoms with Crippen LogP contribution >= 0.6 is 0 Å². The summed E-state index contributed by atoms with van der Waals surface area (Å²) < 4.78 is 26.2. The van der Waals surface area contributed by atoms with Gasteiger partial charge >= 0.3 is 0 Å². The normalized spacial score (nSPS) is 18.9. The Hall–Kier alpha value is -3.32. The fourth-order valence-corrected chi connectivity index (χ4v) is 5.29. The molecule has 20 heteroatoms. The lowest BCUT2D eigenvalue weighted by molar-refractivity contribution is -0.400. The van der Waals surface area contributed by atoms with Crippen molar-refractivity contribution < 1.29 is 64.0 Å². The van der Waals surface area contributed by atoms with Gasteiger partial charge in [-0.25, -0.2) is 9.29 Å². The van der Waals surface area contributed by atoms with Crippen LogP contribution in [0.4, 0.5) is 4.39 Å². The monoisotopic (exact) mass is 635 g/mol. The molecule has 2 aliphatic rings. The second kappa shape index (κ2) is 11.7. The number of nitrogens with zero attached hydrogens (tertiary/aromatic N) is 2. The molecule has 0 aromatic heterocycles. The Morgan fingerprint density at radius 3 is 2.22 bits per heavy atom. The highest BCUT2D eigenvalue weighted by atomic mass is 19.1. The lowest BCUT2D eigenvalue weighted by atomic mass is 9.56. The third-order valence-electron chi connectivity index (χ3n) is 7.77. The molecule has 2 aromatic rings. The zero-order valence-corrected chi connectivity index (χ0v) is 24.1. The Morgan fingerprint density at radius 1 is 1.07 bits per heavy atom. The average Bonchev–Trinajstić information content (AvgIpc) is 3.21. The van der Waals surface area contributed by atoms with Gasteiger partial charge in [0.05, 0.1) is 34.3 Å². The van der Waals surface area contributed by atoms with E-state index in [2.05, 4.69) is 0 Å². The van der Waals surface area contributed by atoms with Crippen molar-refractivity contribution in [3.05, 3.63) is 64.5 Å². The number of halogens is 1. The topological polar surface area (TPSA) is 230 Å². The number of aliphatic hydroxyl groups is 7. The van der Waals surface area contributed by atoms with Crippen molar-refractivity contribution in [3.8, 4) is 5.75 Å². The highest BCUT2D eigenvalue weighted by Crippen LogP contribution is 2.48. The number of morpholine rings is 1. The van der Waals surface area contributed by atoms with E-state index in [1.807, 2.05) is 0 Å². The van der Waals surface area contributed by atoms with Gasteiger partial charge in [0, 0.05) is 42.4 Å². The summed E-state index contributed by atoms with van der Waals surface area (Å²) in [6, 6.07) is 6.09. The number of nitrogens with one attached hydrogen (secondary N) is 1. The molecule has 0 aliphatic carbocycles. The van der Waals surface area contributed by atoms with Gasteiger partial charge in [0.15, 0.2) is 6.29 Å². The molecule has 2 aliphatic heterocycles. The van der Waals surface area contributed by atoms with E-state index < -0.39 is 80.3 Å². The Balaban J connectivity index is 1.77. The maximum Gasteiger partial charge on any atom is 0.285 e. The van der Waals surface area contributed by atoms with Crippen molar-refractivity contribution in [1.82, 2.24) is 15.1 Å². The Bertz CT molecular complexity index is 1550. The van der Waals surface area contributed by atoms with E-state index in [9.17, 15) is 50.1 Å². The number of carbonyl (C=O) groups is 3. The quantitative estimate of drug-likeness (QED) is 0.0695. The van der Waals surface area contributed by atoms with Gasteiger partial charge in [-0.05, 0) is 23.5 Å². The minimum atomic E-state index is -4.59. The Labute approximate surface area is 266 Å². The van der Waals surface area contributed by atoms with Crippen LogP contribution < -0.4 is 10.1 Å². The summed E-state index contributed by atoms with van der Waals surface area (Å²) in [7, 11) is 25.4. The summed E-state index contributed by atoms with van der Waals surface area (Å²) in [5.41, 5.74) is -6.25. The van der Waals surface area contributed by atoms with E-state index in [4.69, 9.17) is 40.9 Å². The van der Waals surface area contributed by atoms with Crippen LogP contribution in [0.1, 0.15) is 27.0 Å². The predicted molar refractivity (Wildman–Crippen MR) is 154 cm³/mol. The molecule has 15 nitrogen and oxygen atoms in total. The van der Waals surface area contributed by atoms with Crippen molar-refractivity contribution in [1.29, 1.82) is 0 Å². The molecular weight excluding hydrogens is 609 g/mol. The van der Waals surface area contributed by atoms with E-state index in [1.54, 1.807) is 5.32 Å². The maximum atomic E-state index is 15.4. The molecule has 8 radical (unpaired) electrons. The first-order valence-electron chi connectivity index (χ1n) is 13.3. The summed E-state index contributed by atoms with van der Waals surface area (Å²) in [5, 5.41) is 70.0. The first kappa shape index (κ1) is 35.5. The molecule has 2 heterocycles. The molecule has 1 fully saturated rings. The second-order valence-electron chi connectivity index (χ2n) is 10.7. The molecular formula is C26H26B4FN3O12. The zero-order valence-electron chi connectivity index (χ0n) is 24.1. The Kier molecular flexibility index (Phi) is 9.06. The van der Waals surface area contributed by atoms with Crippen LogP contribution in [0.15, 0.2) is 36.4 Å². The molecule has 0 saturated carbocycles. The third kappa shape index (κ3) is 5.32. The first-order chi connectivity index (χ1) is 21.1. The standard InChI is InChI=1S/C26H26B4FN3O12/c1-32-20(37)22(40,26(43,44)21(38,39)12-35)34-19(36)14-3-2-4-17(18(14)23(34,27)28)46-24(29,30)15-6-5-13(11-16(15)31)25(41,42)33-7-9-45-10-8-33/h2-6,11-12,38-44H,7-10H2,1H3,(H,32,37). The minimum absolute atomic E-state index is 0.126. The van der Waals surface area contributed by atoms with Crippen molar-refractivity contribution in [2.24, 2.45) is 0 Å². The van der Waals surface area contributed by atoms with Crippen LogP contribution in [-0.2, 0) is 31.0 Å². The fraction of sp³-hybridized carbons (Fsp3) is 0.423. The number of carbonyl (C=O) groups excluding carboxylic acids is 3. The summed E-state index contributed by atoms with van der Waals surface area (Å²) in [5.74, 6) is -16.6. The number of benzene rings is 2. The van der Waals surface area contributed by atoms with Crippen molar-refractivity contribution in [2.45, 2.75) is 33.9 Å². The van der Waals surface area contributed by atoms with E-state index >= 15 is 4.39 Å². The first-order valence-corrected chi connectivity index (χ1v) is 13.3. The predicted octanol–water partition coefficient (Wildman–Crippen LogP) is -5.32. The summed E-state index contributed by atoms with van der Waals surface area (Å²) >= 11 is 0. The third-order valence-corrected chi connectivity index (χ3v) is 7.77. The molecule has 0 bridgehead atoms. The van der Waals surface area contributed by atoms with E-state index in [-0.39, 0.29) is 36.8 Å². The molecule has 236 valence electrons. The summed E-state index contributed by atoms with van der Waals surface area (Å²) in [4.78, 5) is 38.7. The van der Waals surface area contributed by atoms with Crippen molar-refractivity contribution in [2.75, 3.05) is 33.4 Å². The van der Waals surface area contributed by atoms with Gasteiger partial charge in [-0.2, -0.15) is 0 Å². The number of likely N-dealkylation sites (N-methyl/N-ethyl adjacent to an activating group) is 1. The smallest absolute Gasteiger partial charge is 0.285 e. The van der Waals surface area contributed by atoms with Gasteiger partial charge in [-0.3, -0.25) is 14.4 Å². The van der Waals surface area contributed by atoms with Gasteiger partial charge in [-0.1, -0.05) is 18.2 Å². The summed E-state index contributed by atoms with van der Waals surface area (Å²) in [6.45, 7) is 0.656. The molecule has 1 atom stereocenters. The van der Waals surface area contributed by atoms with Gasteiger partial charge in [0.1, 0.15) is 27.3 Å².